The summed E-state index contributed by atoms with van der Waals surface area (Å²) in [6.07, 6.45) is 3.60. The molecule has 0 atom stereocenters. The first-order valence-electron chi connectivity index (χ1n) is 4.19. The summed E-state index contributed by atoms with van der Waals surface area (Å²) in [7, 11) is 0. The van der Waals surface area contributed by atoms with E-state index in [1.807, 2.05) is 31.5 Å². The van der Waals surface area contributed by atoms with Gasteiger partial charge >= 0.3 is 0 Å². The molecule has 0 radical (unpaired) electrons. The van der Waals surface area contributed by atoms with Gasteiger partial charge in [0.2, 0.25) is 0 Å². The van der Waals surface area contributed by atoms with Crippen molar-refractivity contribution in [2.24, 2.45) is 0 Å². The SMILES string of the molecule is CC(C)(C)[n+]1cccc(C(=N)[O-])c1.Cl. The molecular weight excluding hydrogens is 200 g/mol. The molecular formula is C10H15ClN2O. The van der Waals surface area contributed by atoms with E-state index in [2.05, 4.69) is 0 Å². The highest BCUT2D eigenvalue weighted by atomic mass is 35.5. The smallest absolute Gasteiger partial charge is 0.177 e. The lowest BCUT2D eigenvalue weighted by molar-refractivity contribution is -0.754. The predicted molar refractivity (Wildman–Crippen MR) is 55.7 cm³/mol. The van der Waals surface area contributed by atoms with E-state index in [-0.39, 0.29) is 17.9 Å². The zero-order valence-electron chi connectivity index (χ0n) is 8.57. The largest absolute Gasteiger partial charge is 0.859 e. The molecule has 1 rings (SSSR count). The van der Waals surface area contributed by atoms with Crippen LogP contribution in [0.5, 0.6) is 0 Å². The van der Waals surface area contributed by atoms with Crippen LogP contribution in [0.3, 0.4) is 0 Å². The third-order valence-electron chi connectivity index (χ3n) is 1.84. The third kappa shape index (κ3) is 3.00. The Morgan fingerprint density at radius 1 is 1.43 bits per heavy atom. The van der Waals surface area contributed by atoms with E-state index >= 15 is 0 Å². The van der Waals surface area contributed by atoms with E-state index < -0.39 is 5.90 Å². The first-order valence-corrected chi connectivity index (χ1v) is 4.19. The Morgan fingerprint density at radius 2 is 2.00 bits per heavy atom. The minimum Gasteiger partial charge on any atom is -0.859 e. The Bertz CT molecular complexity index is 331. The molecule has 0 unspecified atom stereocenters. The average molecular weight is 215 g/mol. The number of halogens is 1. The van der Waals surface area contributed by atoms with Crippen LogP contribution < -0.4 is 9.67 Å². The first-order chi connectivity index (χ1) is 5.91. The van der Waals surface area contributed by atoms with Gasteiger partial charge in [0.1, 0.15) is 0 Å². The zero-order valence-corrected chi connectivity index (χ0v) is 9.39. The number of pyridine rings is 1. The molecule has 1 heterocycles. The molecule has 1 N–H and O–H groups in total. The summed E-state index contributed by atoms with van der Waals surface area (Å²) < 4.78 is 1.93. The number of hydrogen-bond acceptors (Lipinski definition) is 2. The van der Waals surface area contributed by atoms with Crippen molar-refractivity contribution in [2.75, 3.05) is 0 Å². The van der Waals surface area contributed by atoms with Crippen LogP contribution in [0.1, 0.15) is 26.3 Å². The van der Waals surface area contributed by atoms with E-state index in [4.69, 9.17) is 5.41 Å². The topological polar surface area (TPSA) is 50.8 Å². The minimum atomic E-state index is -0.640. The molecule has 0 spiro atoms. The van der Waals surface area contributed by atoms with Crippen LogP contribution in [0, 0.1) is 5.41 Å². The molecule has 1 aromatic heterocycles. The Balaban J connectivity index is 0.00000169. The van der Waals surface area contributed by atoms with Crippen LogP contribution >= 0.6 is 12.4 Å². The molecule has 0 aliphatic heterocycles. The summed E-state index contributed by atoms with van der Waals surface area (Å²) >= 11 is 0. The average Bonchev–Trinajstić information content (AvgIpc) is 2.03. The fourth-order valence-corrected chi connectivity index (χ4v) is 1.03. The lowest BCUT2D eigenvalue weighted by Crippen LogP contribution is -2.50. The lowest BCUT2D eigenvalue weighted by Gasteiger charge is -2.14. The standard InChI is InChI=1S/C10H14N2O.ClH/c1-10(2,3)12-6-4-5-8(7-12)9(11)13;/h4-7H,1-3H3,(H-,11,13);1H. The van der Waals surface area contributed by atoms with E-state index in [0.717, 1.165) is 0 Å². The molecule has 0 aliphatic carbocycles. The van der Waals surface area contributed by atoms with Crippen molar-refractivity contribution in [3.63, 3.8) is 0 Å². The van der Waals surface area contributed by atoms with Crippen LogP contribution in [0.15, 0.2) is 24.5 Å². The molecule has 0 saturated carbocycles. The highest BCUT2D eigenvalue weighted by molar-refractivity contribution is 5.87. The first kappa shape index (κ1) is 12.9. The van der Waals surface area contributed by atoms with Crippen LogP contribution in [0.2, 0.25) is 0 Å². The molecule has 0 amide bonds. The lowest BCUT2D eigenvalue weighted by atomic mass is 10.1. The van der Waals surface area contributed by atoms with Crippen LogP contribution in [0.25, 0.3) is 0 Å². The maximum atomic E-state index is 10.8. The van der Waals surface area contributed by atoms with Gasteiger partial charge in [-0.1, -0.05) is 0 Å². The fraction of sp³-hybridized carbons (Fsp3) is 0.400. The maximum Gasteiger partial charge on any atom is 0.177 e. The van der Waals surface area contributed by atoms with Gasteiger partial charge in [-0.2, -0.15) is 0 Å². The summed E-state index contributed by atoms with van der Waals surface area (Å²) in [5.74, 6) is -0.640. The Labute approximate surface area is 90.3 Å². The highest BCUT2D eigenvalue weighted by Gasteiger charge is 2.20. The third-order valence-corrected chi connectivity index (χ3v) is 1.84. The fourth-order valence-electron chi connectivity index (χ4n) is 1.03. The van der Waals surface area contributed by atoms with Crippen molar-refractivity contribution < 1.29 is 9.67 Å². The second-order valence-electron chi connectivity index (χ2n) is 4.00. The highest BCUT2D eigenvalue weighted by Crippen LogP contribution is 2.03. The van der Waals surface area contributed by atoms with Crippen molar-refractivity contribution in [1.82, 2.24) is 0 Å². The number of hydrogen-bond donors (Lipinski definition) is 1. The normalized spacial score (nSPS) is 10.5. The second-order valence-corrected chi connectivity index (χ2v) is 4.00. The van der Waals surface area contributed by atoms with Gasteiger partial charge < -0.3 is 10.5 Å². The summed E-state index contributed by atoms with van der Waals surface area (Å²) in [5.41, 5.74) is 0.378. The van der Waals surface area contributed by atoms with Crippen LogP contribution in [0.4, 0.5) is 0 Å². The second kappa shape index (κ2) is 4.42. The number of aromatic nitrogens is 1. The summed E-state index contributed by atoms with van der Waals surface area (Å²) in [6, 6.07) is 3.44. The molecule has 0 aliphatic rings. The Morgan fingerprint density at radius 3 is 2.43 bits per heavy atom. The van der Waals surface area contributed by atoms with Gasteiger partial charge in [-0.3, -0.25) is 0 Å². The molecule has 3 nitrogen and oxygen atoms in total. The molecule has 0 aromatic carbocycles. The van der Waals surface area contributed by atoms with Crippen molar-refractivity contribution in [3.05, 3.63) is 30.1 Å². The maximum absolute atomic E-state index is 10.8. The Hall–Kier alpha value is -1.09. The van der Waals surface area contributed by atoms with E-state index in [1.54, 1.807) is 18.3 Å². The molecule has 14 heavy (non-hydrogen) atoms. The quantitative estimate of drug-likeness (QED) is 0.420. The molecule has 78 valence electrons. The predicted octanol–water partition coefficient (Wildman–Crippen LogP) is 0.837. The number of rotatable bonds is 1. The molecule has 0 fully saturated rings. The van der Waals surface area contributed by atoms with Gasteiger partial charge in [-0.25, -0.2) is 4.57 Å². The van der Waals surface area contributed by atoms with Gasteiger partial charge in [-0.05, 0) is 12.0 Å². The van der Waals surface area contributed by atoms with E-state index in [9.17, 15) is 5.11 Å². The van der Waals surface area contributed by atoms with Crippen molar-refractivity contribution in [3.8, 4) is 0 Å². The van der Waals surface area contributed by atoms with Gasteiger partial charge in [0.15, 0.2) is 17.9 Å². The van der Waals surface area contributed by atoms with Gasteiger partial charge in [-0.15, -0.1) is 12.4 Å². The van der Waals surface area contributed by atoms with Gasteiger partial charge in [0, 0.05) is 32.4 Å². The molecule has 1 aromatic rings. The number of nitrogens with zero attached hydrogens (tertiary/aromatic N) is 1. The zero-order chi connectivity index (χ0) is 10.1. The van der Waals surface area contributed by atoms with Crippen molar-refractivity contribution >= 4 is 18.3 Å². The van der Waals surface area contributed by atoms with Crippen LogP contribution in [-0.4, -0.2) is 5.90 Å². The van der Waals surface area contributed by atoms with Crippen LogP contribution in [-0.2, 0) is 5.54 Å². The van der Waals surface area contributed by atoms with Crippen molar-refractivity contribution in [1.29, 1.82) is 5.41 Å². The van der Waals surface area contributed by atoms with E-state index in [0.29, 0.717) is 5.56 Å². The van der Waals surface area contributed by atoms with Gasteiger partial charge in [0.25, 0.3) is 0 Å². The monoisotopic (exact) mass is 214 g/mol. The minimum absolute atomic E-state index is 0. The molecule has 4 heteroatoms. The van der Waals surface area contributed by atoms with Crippen molar-refractivity contribution in [2.45, 2.75) is 26.3 Å². The summed E-state index contributed by atoms with van der Waals surface area (Å²) in [5, 5.41) is 17.7. The summed E-state index contributed by atoms with van der Waals surface area (Å²) in [4.78, 5) is 0. The van der Waals surface area contributed by atoms with Gasteiger partial charge in [0.05, 0.1) is 0 Å². The molecule has 0 saturated heterocycles. The Kier molecular flexibility index (Phi) is 4.08. The van der Waals surface area contributed by atoms with E-state index in [1.165, 1.54) is 0 Å². The molecule has 0 bridgehead atoms. The number of nitrogens with one attached hydrogen (secondary N) is 1. The summed E-state index contributed by atoms with van der Waals surface area (Å²) in [6.45, 7) is 6.14.